The number of hydrogen-bond donors (Lipinski definition) is 1. The van der Waals surface area contributed by atoms with Crippen LogP contribution in [0.15, 0.2) is 6.07 Å². The number of rotatable bonds is 13. The number of fused-ring (bicyclic) bond motifs is 1. The normalized spacial score (nSPS) is 18.0. The molecule has 6 nitrogen and oxygen atoms in total. The summed E-state index contributed by atoms with van der Waals surface area (Å²) in [6.07, 6.45) is -5.51. The number of carbonyl (C=O) groups excluding carboxylic acids is 2. The van der Waals surface area contributed by atoms with E-state index in [2.05, 4.69) is 10.1 Å². The predicted molar refractivity (Wildman–Crippen MR) is 136 cm³/mol. The average Bonchev–Trinajstić information content (AvgIpc) is 3.53. The Kier molecular flexibility index (Phi) is 10.2. The van der Waals surface area contributed by atoms with Gasteiger partial charge in [-0.3, -0.25) is 14.5 Å². The van der Waals surface area contributed by atoms with E-state index in [4.69, 9.17) is 4.74 Å². The molecule has 1 aliphatic heterocycles. The van der Waals surface area contributed by atoms with Crippen molar-refractivity contribution in [2.75, 3.05) is 20.2 Å². The summed E-state index contributed by atoms with van der Waals surface area (Å²) in [5.74, 6) is 0.0323. The van der Waals surface area contributed by atoms with Crippen LogP contribution in [-0.2, 0) is 39.4 Å². The number of unbranched alkanes of at least 4 members (excludes halogenated alkanes) is 1. The maximum absolute atomic E-state index is 14.0. The summed E-state index contributed by atoms with van der Waals surface area (Å²) in [6, 6.07) is 0.951. The van der Waals surface area contributed by atoms with Crippen molar-refractivity contribution in [2.24, 2.45) is 0 Å². The number of ether oxygens (including phenoxy) is 2. The maximum Gasteiger partial charge on any atom is 0.430 e. The maximum atomic E-state index is 14.0. The summed E-state index contributed by atoms with van der Waals surface area (Å²) in [5, 5.41) is 3.07. The van der Waals surface area contributed by atoms with E-state index in [0.29, 0.717) is 56.2 Å². The Morgan fingerprint density at radius 1 is 1.07 bits per heavy atom. The van der Waals surface area contributed by atoms with Crippen LogP contribution in [0.25, 0.3) is 0 Å². The first kappa shape index (κ1) is 32.2. The zero-order chi connectivity index (χ0) is 29.8. The van der Waals surface area contributed by atoms with Gasteiger partial charge in [0.05, 0.1) is 18.8 Å². The second-order valence-corrected chi connectivity index (χ2v) is 10.5. The number of halogens is 6. The molecule has 0 spiro atoms. The third kappa shape index (κ3) is 5.84. The summed E-state index contributed by atoms with van der Waals surface area (Å²) < 4.78 is 94.5. The molecule has 0 unspecified atom stereocenters. The summed E-state index contributed by atoms with van der Waals surface area (Å²) >= 11 is 0. The fourth-order valence-corrected chi connectivity index (χ4v) is 5.92. The third-order valence-corrected chi connectivity index (χ3v) is 7.98. The fourth-order valence-electron chi connectivity index (χ4n) is 5.92. The second kappa shape index (κ2) is 12.7. The minimum atomic E-state index is -5.70. The predicted octanol–water partition coefficient (Wildman–Crippen LogP) is 6.12. The van der Waals surface area contributed by atoms with E-state index >= 15 is 0 Å². The molecule has 1 heterocycles. The van der Waals surface area contributed by atoms with Gasteiger partial charge >= 0.3 is 12.4 Å². The zero-order valence-electron chi connectivity index (χ0n) is 23.2. The topological polar surface area (TPSA) is 67.9 Å². The first-order valence-electron chi connectivity index (χ1n) is 13.9. The molecule has 0 aromatic heterocycles. The van der Waals surface area contributed by atoms with Crippen LogP contribution in [0.3, 0.4) is 0 Å². The minimum Gasteiger partial charge on any atom is -0.493 e. The quantitative estimate of drug-likeness (QED) is 0.173. The molecule has 1 saturated carbocycles. The number of aryl methyl sites for hydroxylation is 1. The van der Waals surface area contributed by atoms with Crippen molar-refractivity contribution in [3.05, 3.63) is 28.3 Å². The standard InChI is InChI=1S/C28H38F6N2O4/c1-4-10-19-16-22-21(17-40-26(22,27(29,30)31)28(32,33)34)20(11-5-2)23(19)39-15-9-8-14-36(18-37)24(38)25(35-3)12-6-7-13-25/h16,18,35H,4-15,17H2,1-3H3. The molecule has 40 heavy (non-hydrogen) atoms. The van der Waals surface area contributed by atoms with Gasteiger partial charge in [0.1, 0.15) is 5.75 Å². The number of carbonyl (C=O) groups is 2. The molecular formula is C28H38F6N2O4. The van der Waals surface area contributed by atoms with Gasteiger partial charge in [-0.05, 0) is 62.8 Å². The molecule has 0 bridgehead atoms. The third-order valence-electron chi connectivity index (χ3n) is 7.98. The van der Waals surface area contributed by atoms with Crippen LogP contribution >= 0.6 is 0 Å². The second-order valence-electron chi connectivity index (χ2n) is 10.5. The molecule has 0 radical (unpaired) electrons. The van der Waals surface area contributed by atoms with E-state index in [-0.39, 0.29) is 43.0 Å². The monoisotopic (exact) mass is 580 g/mol. The van der Waals surface area contributed by atoms with Crippen LogP contribution in [0.2, 0.25) is 0 Å². The Balaban J connectivity index is 1.81. The summed E-state index contributed by atoms with van der Waals surface area (Å²) in [5.41, 5.74) is -5.57. The number of benzene rings is 1. The number of nitrogens with one attached hydrogen (secondary N) is 1. The first-order valence-corrected chi connectivity index (χ1v) is 13.9. The van der Waals surface area contributed by atoms with E-state index in [0.717, 1.165) is 23.8 Å². The van der Waals surface area contributed by atoms with Gasteiger partial charge in [-0.25, -0.2) is 0 Å². The highest BCUT2D eigenvalue weighted by Gasteiger charge is 2.75. The van der Waals surface area contributed by atoms with Gasteiger partial charge in [-0.2, -0.15) is 26.3 Å². The summed E-state index contributed by atoms with van der Waals surface area (Å²) in [6.45, 7) is 3.04. The molecule has 1 aromatic rings. The van der Waals surface area contributed by atoms with Crippen LogP contribution in [0.5, 0.6) is 5.75 Å². The Hall–Kier alpha value is -2.34. The van der Waals surface area contributed by atoms with Crippen molar-refractivity contribution < 1.29 is 45.4 Å². The highest BCUT2D eigenvalue weighted by Crippen LogP contribution is 2.58. The van der Waals surface area contributed by atoms with Crippen molar-refractivity contribution in [1.29, 1.82) is 0 Å². The molecule has 3 rings (SSSR count). The lowest BCUT2D eigenvalue weighted by atomic mass is 9.84. The number of nitrogens with zero attached hydrogens (tertiary/aromatic N) is 1. The highest BCUT2D eigenvalue weighted by atomic mass is 19.4. The van der Waals surface area contributed by atoms with Gasteiger partial charge in [0.25, 0.3) is 5.60 Å². The Morgan fingerprint density at radius 2 is 1.70 bits per heavy atom. The van der Waals surface area contributed by atoms with Gasteiger partial charge in [0, 0.05) is 17.7 Å². The zero-order valence-corrected chi connectivity index (χ0v) is 23.2. The van der Waals surface area contributed by atoms with Crippen molar-refractivity contribution in [3.63, 3.8) is 0 Å². The van der Waals surface area contributed by atoms with Crippen molar-refractivity contribution in [1.82, 2.24) is 10.2 Å². The van der Waals surface area contributed by atoms with Crippen LogP contribution in [0.4, 0.5) is 26.3 Å². The van der Waals surface area contributed by atoms with Gasteiger partial charge < -0.3 is 14.8 Å². The molecule has 0 saturated heterocycles. The van der Waals surface area contributed by atoms with E-state index < -0.39 is 35.7 Å². The Labute approximate surface area is 230 Å². The van der Waals surface area contributed by atoms with E-state index in [1.807, 2.05) is 0 Å². The van der Waals surface area contributed by atoms with Gasteiger partial charge in [0.15, 0.2) is 0 Å². The molecule has 1 N–H and O–H groups in total. The lowest BCUT2D eigenvalue weighted by Crippen LogP contribution is -2.55. The molecule has 1 fully saturated rings. The molecule has 0 atom stereocenters. The molecule has 12 heteroatoms. The lowest BCUT2D eigenvalue weighted by Gasteiger charge is -2.34. The average molecular weight is 581 g/mol. The van der Waals surface area contributed by atoms with Crippen molar-refractivity contribution in [3.8, 4) is 5.75 Å². The molecule has 1 aromatic carbocycles. The van der Waals surface area contributed by atoms with Gasteiger partial charge in [-0.15, -0.1) is 0 Å². The SMILES string of the molecule is CCCc1cc2c(c(CCC)c1OCCCCN(C=O)C(=O)C1(NC)CCCC1)COC2(C(F)(F)F)C(F)(F)F. The molecule has 226 valence electrons. The number of imide groups is 1. The highest BCUT2D eigenvalue weighted by molar-refractivity contribution is 5.93. The molecule has 2 aliphatic rings. The minimum absolute atomic E-state index is 0.120. The number of likely N-dealkylation sites (N-methyl/N-ethyl adjacent to an activating group) is 1. The largest absolute Gasteiger partial charge is 0.493 e. The van der Waals surface area contributed by atoms with E-state index in [9.17, 15) is 35.9 Å². The van der Waals surface area contributed by atoms with Crippen molar-refractivity contribution in [2.45, 2.75) is 108 Å². The lowest BCUT2D eigenvalue weighted by molar-refractivity contribution is -0.385. The van der Waals surface area contributed by atoms with Crippen molar-refractivity contribution >= 4 is 12.3 Å². The van der Waals surface area contributed by atoms with Gasteiger partial charge in [0.2, 0.25) is 12.3 Å². The Morgan fingerprint density at radius 3 is 2.23 bits per heavy atom. The fraction of sp³-hybridized carbons (Fsp3) is 0.714. The molecular weight excluding hydrogens is 542 g/mol. The Bertz CT molecular complexity index is 1040. The van der Waals surface area contributed by atoms with E-state index in [1.54, 1.807) is 20.9 Å². The van der Waals surface area contributed by atoms with Crippen LogP contribution in [0.1, 0.15) is 87.5 Å². The number of hydrogen-bond acceptors (Lipinski definition) is 5. The number of alkyl halides is 6. The van der Waals surface area contributed by atoms with Crippen LogP contribution in [0, 0.1) is 0 Å². The summed E-state index contributed by atoms with van der Waals surface area (Å²) in [4.78, 5) is 25.8. The van der Waals surface area contributed by atoms with E-state index in [1.165, 1.54) is 0 Å². The first-order chi connectivity index (χ1) is 18.8. The van der Waals surface area contributed by atoms with Gasteiger partial charge in [-0.1, -0.05) is 39.5 Å². The smallest absolute Gasteiger partial charge is 0.430 e. The molecule has 1 aliphatic carbocycles. The number of amides is 2. The molecule has 2 amide bonds. The summed E-state index contributed by atoms with van der Waals surface area (Å²) in [7, 11) is 1.71. The van der Waals surface area contributed by atoms with Crippen LogP contribution < -0.4 is 10.1 Å². The van der Waals surface area contributed by atoms with Crippen LogP contribution in [-0.4, -0.2) is 55.3 Å².